The normalized spacial score (nSPS) is 14.7. The highest BCUT2D eigenvalue weighted by Crippen LogP contribution is 2.35. The van der Waals surface area contributed by atoms with Gasteiger partial charge >= 0.3 is 0 Å². The molecular formula is C33H30N4OS. The first-order chi connectivity index (χ1) is 19.1. The molecule has 0 aliphatic heterocycles. The third-order valence-corrected chi connectivity index (χ3v) is 8.68. The van der Waals surface area contributed by atoms with E-state index in [-0.39, 0.29) is 5.91 Å². The topological polar surface area (TPSA) is 70.7 Å². The van der Waals surface area contributed by atoms with Gasteiger partial charge in [0.1, 0.15) is 11.1 Å². The number of para-hydroxylation sites is 1. The van der Waals surface area contributed by atoms with Gasteiger partial charge < -0.3 is 9.88 Å². The van der Waals surface area contributed by atoms with Crippen molar-refractivity contribution in [3.8, 4) is 6.07 Å². The van der Waals surface area contributed by atoms with Crippen molar-refractivity contribution in [1.29, 1.82) is 5.26 Å². The standard InChI is InChI=1S/C33H30N4OS/c1-2-37-30-11-7-6-10-27(30)28-20-26(13-15-31(28)37)35-32(38)16-17-39-33-25(21-34)19-24-18-23(12-14-29(24)36-33)22-8-4-3-5-9-22/h3-11,13,15,19-20,23H,2,12,14,16-18H2,1H3,(H,35,38). The molecule has 1 amide bonds. The van der Waals surface area contributed by atoms with Gasteiger partial charge in [-0.15, -0.1) is 11.8 Å². The predicted molar refractivity (Wildman–Crippen MR) is 159 cm³/mol. The number of anilines is 1. The Balaban J connectivity index is 1.11. The van der Waals surface area contributed by atoms with Crippen LogP contribution in [0.2, 0.25) is 0 Å². The summed E-state index contributed by atoms with van der Waals surface area (Å²) >= 11 is 1.49. The van der Waals surface area contributed by atoms with Crippen molar-refractivity contribution >= 4 is 45.2 Å². The number of carbonyl (C=O) groups excluding carboxylic acids is 1. The van der Waals surface area contributed by atoms with Crippen molar-refractivity contribution in [2.24, 2.45) is 0 Å². The summed E-state index contributed by atoms with van der Waals surface area (Å²) in [5.41, 5.74) is 7.39. The SMILES string of the molecule is CCn1c2ccccc2c2cc(NC(=O)CCSc3nc4c(cc3C#N)CC(c3ccccc3)CC4)ccc21. The number of nitrogens with zero attached hydrogens (tertiary/aromatic N) is 3. The number of thioether (sulfide) groups is 1. The number of hydrogen-bond acceptors (Lipinski definition) is 4. The number of nitriles is 1. The van der Waals surface area contributed by atoms with Crippen molar-refractivity contribution in [2.75, 3.05) is 11.1 Å². The molecule has 1 atom stereocenters. The Morgan fingerprint density at radius 3 is 2.67 bits per heavy atom. The molecule has 39 heavy (non-hydrogen) atoms. The van der Waals surface area contributed by atoms with Gasteiger partial charge in [-0.1, -0.05) is 48.5 Å². The Morgan fingerprint density at radius 2 is 1.85 bits per heavy atom. The van der Waals surface area contributed by atoms with Crippen LogP contribution in [0, 0.1) is 11.3 Å². The second-order valence-electron chi connectivity index (χ2n) is 10.0. The summed E-state index contributed by atoms with van der Waals surface area (Å²) in [6.07, 6.45) is 3.23. The zero-order chi connectivity index (χ0) is 26.8. The number of nitrogens with one attached hydrogen (secondary N) is 1. The lowest BCUT2D eigenvalue weighted by molar-refractivity contribution is -0.115. The molecule has 0 radical (unpaired) electrons. The van der Waals surface area contributed by atoms with Crippen molar-refractivity contribution in [3.05, 3.63) is 101 Å². The number of hydrogen-bond donors (Lipinski definition) is 1. The monoisotopic (exact) mass is 530 g/mol. The molecule has 5 nitrogen and oxygen atoms in total. The summed E-state index contributed by atoms with van der Waals surface area (Å²) < 4.78 is 2.30. The van der Waals surface area contributed by atoms with E-state index in [1.165, 1.54) is 39.3 Å². The number of amides is 1. The molecule has 6 heteroatoms. The summed E-state index contributed by atoms with van der Waals surface area (Å²) in [7, 11) is 0. The number of rotatable bonds is 7. The van der Waals surface area contributed by atoms with Crippen LogP contribution in [0.3, 0.4) is 0 Å². The molecule has 1 unspecified atom stereocenters. The molecule has 0 bridgehead atoms. The molecule has 3 aromatic carbocycles. The summed E-state index contributed by atoms with van der Waals surface area (Å²) in [6.45, 7) is 3.04. The molecule has 0 spiro atoms. The number of aromatic nitrogens is 2. The zero-order valence-electron chi connectivity index (χ0n) is 22.0. The second kappa shape index (κ2) is 11.0. The second-order valence-corrected chi connectivity index (χ2v) is 11.1. The van der Waals surface area contributed by atoms with E-state index in [4.69, 9.17) is 4.98 Å². The Hall–Kier alpha value is -4.08. The van der Waals surface area contributed by atoms with Crippen LogP contribution in [0.15, 0.2) is 83.9 Å². The van der Waals surface area contributed by atoms with Crippen LogP contribution in [0.4, 0.5) is 5.69 Å². The quantitative estimate of drug-likeness (QED) is 0.222. The molecule has 0 saturated heterocycles. The van der Waals surface area contributed by atoms with Crippen LogP contribution in [0.25, 0.3) is 21.8 Å². The highest BCUT2D eigenvalue weighted by atomic mass is 32.2. The van der Waals surface area contributed by atoms with Crippen LogP contribution < -0.4 is 5.32 Å². The van der Waals surface area contributed by atoms with E-state index in [9.17, 15) is 10.1 Å². The number of carbonyl (C=O) groups is 1. The maximum absolute atomic E-state index is 12.8. The van der Waals surface area contributed by atoms with Crippen LogP contribution >= 0.6 is 11.8 Å². The number of benzene rings is 3. The first-order valence-corrected chi connectivity index (χ1v) is 14.5. The van der Waals surface area contributed by atoms with Crippen LogP contribution in [0.5, 0.6) is 0 Å². The average molecular weight is 531 g/mol. The minimum atomic E-state index is -0.0387. The smallest absolute Gasteiger partial charge is 0.225 e. The summed E-state index contributed by atoms with van der Waals surface area (Å²) in [5, 5.41) is 15.9. The van der Waals surface area contributed by atoms with Crippen molar-refractivity contribution in [2.45, 2.75) is 50.1 Å². The molecule has 6 rings (SSSR count). The third-order valence-electron chi connectivity index (χ3n) is 7.68. The Bertz CT molecular complexity index is 1720. The van der Waals surface area contributed by atoms with E-state index in [2.05, 4.69) is 83.5 Å². The number of pyridine rings is 1. The molecule has 2 heterocycles. The molecular weight excluding hydrogens is 500 g/mol. The Morgan fingerprint density at radius 1 is 1.05 bits per heavy atom. The van der Waals surface area contributed by atoms with Gasteiger partial charge in [0.2, 0.25) is 5.91 Å². The van der Waals surface area contributed by atoms with Gasteiger partial charge in [-0.25, -0.2) is 4.98 Å². The molecule has 5 aromatic rings. The lowest BCUT2D eigenvalue weighted by Gasteiger charge is -2.25. The van der Waals surface area contributed by atoms with E-state index in [0.717, 1.165) is 47.6 Å². The number of fused-ring (bicyclic) bond motifs is 4. The van der Waals surface area contributed by atoms with Gasteiger partial charge in [0, 0.05) is 51.9 Å². The Kier molecular flexibility index (Phi) is 7.08. The largest absolute Gasteiger partial charge is 0.341 e. The van der Waals surface area contributed by atoms with Crippen LogP contribution in [0.1, 0.15) is 48.1 Å². The molecule has 1 aliphatic rings. The Labute approximate surface area is 232 Å². The summed E-state index contributed by atoms with van der Waals surface area (Å²) in [4.78, 5) is 17.7. The van der Waals surface area contributed by atoms with Gasteiger partial charge in [-0.05, 0) is 73.6 Å². The highest BCUT2D eigenvalue weighted by molar-refractivity contribution is 7.99. The van der Waals surface area contributed by atoms with Gasteiger partial charge in [0.05, 0.1) is 5.56 Å². The lowest BCUT2D eigenvalue weighted by atomic mass is 9.82. The van der Waals surface area contributed by atoms with Crippen molar-refractivity contribution in [3.63, 3.8) is 0 Å². The zero-order valence-corrected chi connectivity index (χ0v) is 22.8. The van der Waals surface area contributed by atoms with Gasteiger partial charge in [-0.2, -0.15) is 5.26 Å². The fourth-order valence-corrected chi connectivity index (χ4v) is 6.70. The molecule has 1 aliphatic carbocycles. The van der Waals surface area contributed by atoms with E-state index >= 15 is 0 Å². The summed E-state index contributed by atoms with van der Waals surface area (Å²) in [6, 6.07) is 29.4. The maximum Gasteiger partial charge on any atom is 0.225 e. The molecule has 0 fully saturated rings. The first-order valence-electron chi connectivity index (χ1n) is 13.6. The average Bonchev–Trinajstić information content (AvgIpc) is 3.30. The molecule has 1 N–H and O–H groups in total. The van der Waals surface area contributed by atoms with Gasteiger partial charge in [0.25, 0.3) is 0 Å². The summed E-state index contributed by atoms with van der Waals surface area (Å²) in [5.74, 6) is 0.992. The highest BCUT2D eigenvalue weighted by Gasteiger charge is 2.23. The van der Waals surface area contributed by atoms with Crippen molar-refractivity contribution < 1.29 is 4.79 Å². The minimum absolute atomic E-state index is 0.0387. The van der Waals surface area contributed by atoms with Crippen LogP contribution in [-0.2, 0) is 24.2 Å². The van der Waals surface area contributed by atoms with Crippen LogP contribution in [-0.4, -0.2) is 21.2 Å². The molecule has 2 aromatic heterocycles. The molecule has 0 saturated carbocycles. The van der Waals surface area contributed by atoms with Gasteiger partial charge in [0.15, 0.2) is 0 Å². The third kappa shape index (κ3) is 5.03. The van der Waals surface area contributed by atoms with E-state index in [1.54, 1.807) is 0 Å². The number of aryl methyl sites for hydroxylation is 2. The minimum Gasteiger partial charge on any atom is -0.341 e. The van der Waals surface area contributed by atoms with Crippen molar-refractivity contribution in [1.82, 2.24) is 9.55 Å². The van der Waals surface area contributed by atoms with E-state index in [1.807, 2.05) is 18.2 Å². The maximum atomic E-state index is 12.8. The fourth-order valence-electron chi connectivity index (χ4n) is 5.78. The first kappa shape index (κ1) is 25.2. The fraction of sp³-hybridized carbons (Fsp3) is 0.242. The van der Waals surface area contributed by atoms with E-state index in [0.29, 0.717) is 23.7 Å². The lowest BCUT2D eigenvalue weighted by Crippen LogP contribution is -2.15. The van der Waals surface area contributed by atoms with Gasteiger partial charge in [-0.3, -0.25) is 4.79 Å². The molecule has 194 valence electrons. The predicted octanol–water partition coefficient (Wildman–Crippen LogP) is 7.47. The van der Waals surface area contributed by atoms with E-state index < -0.39 is 0 Å².